The molecule has 0 aliphatic carbocycles. The van der Waals surface area contributed by atoms with Gasteiger partial charge in [0, 0.05) is 25.7 Å². The van der Waals surface area contributed by atoms with Crippen molar-refractivity contribution in [1.82, 2.24) is 14.8 Å². The van der Waals surface area contributed by atoms with Crippen molar-refractivity contribution in [1.29, 1.82) is 0 Å². The summed E-state index contributed by atoms with van der Waals surface area (Å²) in [5.41, 5.74) is 1.64. The molecule has 6 nitrogen and oxygen atoms in total. The largest absolute Gasteiger partial charge is 0.378 e. The van der Waals surface area contributed by atoms with Crippen molar-refractivity contribution in [2.75, 3.05) is 26.3 Å². The SMILES string of the molecule is CC(C)N(Cc1ccccc1)C(=O)c1cccc(C(=O)N2CCOCC2)n1. The standard InChI is InChI=1S/C21H25N3O3/c1-16(2)24(15-17-7-4-3-5-8-17)21(26)19-10-6-9-18(22-19)20(25)23-11-13-27-14-12-23/h3-10,16H,11-15H2,1-2H3. The number of carbonyl (C=O) groups excluding carboxylic acids is 2. The maximum Gasteiger partial charge on any atom is 0.273 e. The third-order valence-electron chi connectivity index (χ3n) is 4.57. The molecule has 2 aromatic rings. The van der Waals surface area contributed by atoms with Crippen LogP contribution in [0.1, 0.15) is 40.4 Å². The van der Waals surface area contributed by atoms with E-state index < -0.39 is 0 Å². The molecule has 142 valence electrons. The molecule has 0 atom stereocenters. The Morgan fingerprint density at radius 1 is 1.04 bits per heavy atom. The molecule has 0 radical (unpaired) electrons. The molecule has 2 amide bonds. The Morgan fingerprint density at radius 3 is 2.37 bits per heavy atom. The molecule has 1 aromatic carbocycles. The number of nitrogens with zero attached hydrogens (tertiary/aromatic N) is 3. The summed E-state index contributed by atoms with van der Waals surface area (Å²) in [7, 11) is 0. The molecule has 1 aliphatic rings. The number of hydrogen-bond acceptors (Lipinski definition) is 4. The van der Waals surface area contributed by atoms with Gasteiger partial charge < -0.3 is 14.5 Å². The number of ether oxygens (including phenoxy) is 1. The van der Waals surface area contributed by atoms with Crippen LogP contribution in [0.3, 0.4) is 0 Å². The Hall–Kier alpha value is -2.73. The Kier molecular flexibility index (Phi) is 6.19. The van der Waals surface area contributed by atoms with Gasteiger partial charge >= 0.3 is 0 Å². The van der Waals surface area contributed by atoms with Crippen LogP contribution in [0.4, 0.5) is 0 Å². The number of pyridine rings is 1. The minimum Gasteiger partial charge on any atom is -0.378 e. The summed E-state index contributed by atoms with van der Waals surface area (Å²) in [5, 5.41) is 0. The number of hydrogen-bond donors (Lipinski definition) is 0. The lowest BCUT2D eigenvalue weighted by Gasteiger charge is -2.28. The van der Waals surface area contributed by atoms with Crippen molar-refractivity contribution in [2.45, 2.75) is 26.4 Å². The van der Waals surface area contributed by atoms with Crippen molar-refractivity contribution in [3.63, 3.8) is 0 Å². The molecule has 2 heterocycles. The molecular weight excluding hydrogens is 342 g/mol. The van der Waals surface area contributed by atoms with Gasteiger partial charge in [0.2, 0.25) is 0 Å². The maximum atomic E-state index is 13.1. The zero-order valence-electron chi connectivity index (χ0n) is 15.8. The predicted molar refractivity (Wildman–Crippen MR) is 102 cm³/mol. The Morgan fingerprint density at radius 2 is 1.70 bits per heavy atom. The van der Waals surface area contributed by atoms with E-state index >= 15 is 0 Å². The van der Waals surface area contributed by atoms with Gasteiger partial charge in [0.05, 0.1) is 13.2 Å². The summed E-state index contributed by atoms with van der Waals surface area (Å²) in [6.07, 6.45) is 0. The quantitative estimate of drug-likeness (QED) is 0.815. The second-order valence-corrected chi connectivity index (χ2v) is 6.83. The Bertz CT molecular complexity index is 786. The zero-order chi connectivity index (χ0) is 19.2. The summed E-state index contributed by atoms with van der Waals surface area (Å²) in [5.74, 6) is -0.336. The molecule has 3 rings (SSSR count). The van der Waals surface area contributed by atoms with Crippen LogP contribution in [0.15, 0.2) is 48.5 Å². The van der Waals surface area contributed by atoms with Gasteiger partial charge in [-0.3, -0.25) is 9.59 Å². The predicted octanol–water partition coefficient (Wildman–Crippen LogP) is 2.60. The topological polar surface area (TPSA) is 62.7 Å². The monoisotopic (exact) mass is 367 g/mol. The summed E-state index contributed by atoms with van der Waals surface area (Å²) < 4.78 is 5.29. The molecule has 1 saturated heterocycles. The number of carbonyl (C=O) groups is 2. The van der Waals surface area contributed by atoms with Crippen LogP contribution in [-0.2, 0) is 11.3 Å². The lowest BCUT2D eigenvalue weighted by Crippen LogP contribution is -2.41. The molecule has 0 unspecified atom stereocenters. The number of benzene rings is 1. The first-order chi connectivity index (χ1) is 13.1. The van der Waals surface area contributed by atoms with Crippen LogP contribution in [0.5, 0.6) is 0 Å². The van der Waals surface area contributed by atoms with Crippen molar-refractivity contribution < 1.29 is 14.3 Å². The van der Waals surface area contributed by atoms with Crippen LogP contribution in [-0.4, -0.2) is 58.9 Å². The molecule has 1 aromatic heterocycles. The summed E-state index contributed by atoms with van der Waals surface area (Å²) in [6, 6.07) is 14.9. The van der Waals surface area contributed by atoms with Crippen LogP contribution >= 0.6 is 0 Å². The average molecular weight is 367 g/mol. The molecule has 27 heavy (non-hydrogen) atoms. The molecule has 1 fully saturated rings. The second kappa shape index (κ2) is 8.77. The Labute approximate surface area is 159 Å². The van der Waals surface area contributed by atoms with E-state index in [4.69, 9.17) is 4.74 Å². The highest BCUT2D eigenvalue weighted by Crippen LogP contribution is 2.14. The molecule has 0 N–H and O–H groups in total. The average Bonchev–Trinajstić information content (AvgIpc) is 2.72. The fourth-order valence-electron chi connectivity index (χ4n) is 3.02. The van der Waals surface area contributed by atoms with Crippen LogP contribution < -0.4 is 0 Å². The first-order valence-electron chi connectivity index (χ1n) is 9.25. The zero-order valence-corrected chi connectivity index (χ0v) is 15.8. The molecule has 0 bridgehead atoms. The van der Waals surface area contributed by atoms with Crippen molar-refractivity contribution in [3.05, 3.63) is 65.5 Å². The van der Waals surface area contributed by atoms with Gasteiger partial charge in [-0.15, -0.1) is 0 Å². The summed E-state index contributed by atoms with van der Waals surface area (Å²) >= 11 is 0. The highest BCUT2D eigenvalue weighted by molar-refractivity contribution is 5.96. The van der Waals surface area contributed by atoms with Crippen LogP contribution in [0.2, 0.25) is 0 Å². The lowest BCUT2D eigenvalue weighted by molar-refractivity contribution is 0.0299. The van der Waals surface area contributed by atoms with Gasteiger partial charge in [0.1, 0.15) is 11.4 Å². The highest BCUT2D eigenvalue weighted by atomic mass is 16.5. The smallest absolute Gasteiger partial charge is 0.273 e. The molecule has 0 saturated carbocycles. The first kappa shape index (κ1) is 19.0. The third-order valence-corrected chi connectivity index (χ3v) is 4.57. The fraction of sp³-hybridized carbons (Fsp3) is 0.381. The van der Waals surface area contributed by atoms with E-state index in [2.05, 4.69) is 4.98 Å². The lowest BCUT2D eigenvalue weighted by atomic mass is 10.1. The molecule has 1 aliphatic heterocycles. The Balaban J connectivity index is 1.79. The minimum absolute atomic E-state index is 0.0121. The highest BCUT2D eigenvalue weighted by Gasteiger charge is 2.23. The number of amides is 2. The second-order valence-electron chi connectivity index (χ2n) is 6.83. The fourth-order valence-corrected chi connectivity index (χ4v) is 3.02. The van der Waals surface area contributed by atoms with E-state index in [1.54, 1.807) is 28.0 Å². The van der Waals surface area contributed by atoms with Gasteiger partial charge in [-0.25, -0.2) is 4.98 Å². The van der Waals surface area contributed by atoms with E-state index in [1.807, 2.05) is 44.2 Å². The molecular formula is C21H25N3O3. The van der Waals surface area contributed by atoms with Crippen molar-refractivity contribution in [2.24, 2.45) is 0 Å². The van der Waals surface area contributed by atoms with E-state index in [0.29, 0.717) is 44.2 Å². The summed E-state index contributed by atoms with van der Waals surface area (Å²) in [6.45, 7) is 6.61. The van der Waals surface area contributed by atoms with E-state index in [0.717, 1.165) is 5.56 Å². The van der Waals surface area contributed by atoms with Gasteiger partial charge in [0.25, 0.3) is 11.8 Å². The van der Waals surface area contributed by atoms with Crippen molar-refractivity contribution >= 4 is 11.8 Å². The van der Waals surface area contributed by atoms with E-state index in [-0.39, 0.29) is 17.9 Å². The normalized spacial score (nSPS) is 14.3. The third kappa shape index (κ3) is 4.71. The van der Waals surface area contributed by atoms with Crippen molar-refractivity contribution in [3.8, 4) is 0 Å². The van der Waals surface area contributed by atoms with Gasteiger partial charge in [-0.2, -0.15) is 0 Å². The number of morpholine rings is 1. The molecule has 6 heteroatoms. The number of rotatable bonds is 5. The first-order valence-corrected chi connectivity index (χ1v) is 9.25. The molecule has 0 spiro atoms. The van der Waals surface area contributed by atoms with E-state index in [1.165, 1.54) is 0 Å². The van der Waals surface area contributed by atoms with Gasteiger partial charge in [0.15, 0.2) is 0 Å². The summed E-state index contributed by atoms with van der Waals surface area (Å²) in [4.78, 5) is 33.6. The van der Waals surface area contributed by atoms with E-state index in [9.17, 15) is 9.59 Å². The van der Waals surface area contributed by atoms with Crippen LogP contribution in [0.25, 0.3) is 0 Å². The van der Waals surface area contributed by atoms with Crippen LogP contribution in [0, 0.1) is 0 Å². The maximum absolute atomic E-state index is 13.1. The van der Waals surface area contributed by atoms with Gasteiger partial charge in [-0.05, 0) is 31.5 Å². The number of aromatic nitrogens is 1. The minimum atomic E-state index is -0.175. The van der Waals surface area contributed by atoms with Gasteiger partial charge in [-0.1, -0.05) is 36.4 Å².